The fourth-order valence-corrected chi connectivity index (χ4v) is 6.67. The standard InChI is InChI=1S/C35H40Cl2FN9O3/c1-3-24(2)42-34(48)46(23-39)28-7-5-27(6-8-28)44-14-16-45(17-15-44)33-11-9-29(19-32(33)38)49-20-26-21-50-35(43-26,22-47-40-12-13-41-47)30-10-4-25(36)18-31(30)37/h4-13,18-19,23-24,26,39,43H,3,14-17,20-22H2,1-2H3,(H,42,48). The summed E-state index contributed by atoms with van der Waals surface area (Å²) in [6, 6.07) is 17.2. The molecule has 4 aromatic rings. The first-order valence-corrected chi connectivity index (χ1v) is 17.3. The maximum absolute atomic E-state index is 15.4. The zero-order chi connectivity index (χ0) is 35.3. The van der Waals surface area contributed by atoms with E-state index in [1.54, 1.807) is 36.7 Å². The third kappa shape index (κ3) is 7.96. The van der Waals surface area contributed by atoms with Crippen molar-refractivity contribution < 1.29 is 18.7 Å². The number of ether oxygens (including phenoxy) is 2. The normalized spacial score (nSPS) is 19.7. The SMILES string of the molecule is CCC(C)NC(=O)N(C=N)c1ccc(N2CCN(c3ccc(OCC4COC(Cn5nccn5)(c5ccc(Cl)cc5Cl)N4)cc3F)CC2)cc1. The second-order valence-electron chi connectivity index (χ2n) is 12.3. The van der Waals surface area contributed by atoms with Crippen LogP contribution in [0.15, 0.2) is 73.1 Å². The third-order valence-corrected chi connectivity index (χ3v) is 9.53. The molecule has 0 bridgehead atoms. The molecule has 12 nitrogen and oxygen atoms in total. The third-order valence-electron chi connectivity index (χ3n) is 8.98. The van der Waals surface area contributed by atoms with Gasteiger partial charge in [-0.2, -0.15) is 15.0 Å². The molecule has 3 aromatic carbocycles. The average Bonchev–Trinajstić information content (AvgIpc) is 3.78. The van der Waals surface area contributed by atoms with Crippen LogP contribution >= 0.6 is 23.2 Å². The molecule has 50 heavy (non-hydrogen) atoms. The number of nitrogens with zero attached hydrogens (tertiary/aromatic N) is 6. The topological polar surface area (TPSA) is 124 Å². The first-order valence-electron chi connectivity index (χ1n) is 16.5. The first kappa shape index (κ1) is 35.4. The average molecular weight is 725 g/mol. The lowest BCUT2D eigenvalue weighted by Crippen LogP contribution is -2.47. The molecule has 264 valence electrons. The van der Waals surface area contributed by atoms with E-state index in [2.05, 4.69) is 25.7 Å². The summed E-state index contributed by atoms with van der Waals surface area (Å²) in [6.07, 6.45) is 5.00. The molecule has 2 aliphatic heterocycles. The van der Waals surface area contributed by atoms with E-state index in [9.17, 15) is 4.79 Å². The van der Waals surface area contributed by atoms with Crippen molar-refractivity contribution in [1.82, 2.24) is 25.6 Å². The summed E-state index contributed by atoms with van der Waals surface area (Å²) in [4.78, 5) is 19.6. The second kappa shape index (κ2) is 15.6. The number of rotatable bonds is 12. The molecule has 3 heterocycles. The van der Waals surface area contributed by atoms with Gasteiger partial charge in [0.1, 0.15) is 24.7 Å². The highest BCUT2D eigenvalue weighted by Gasteiger charge is 2.44. The van der Waals surface area contributed by atoms with E-state index in [-0.39, 0.29) is 37.1 Å². The molecule has 0 saturated carbocycles. The molecule has 6 rings (SSSR count). The number of halogens is 3. The second-order valence-corrected chi connectivity index (χ2v) is 13.2. The highest BCUT2D eigenvalue weighted by atomic mass is 35.5. The maximum atomic E-state index is 15.4. The van der Waals surface area contributed by atoms with Crippen LogP contribution in [0.5, 0.6) is 5.75 Å². The molecule has 3 N–H and O–H groups in total. The Bertz CT molecular complexity index is 1770. The van der Waals surface area contributed by atoms with Gasteiger partial charge in [-0.1, -0.05) is 36.2 Å². The van der Waals surface area contributed by atoms with Crippen molar-refractivity contribution in [2.45, 2.75) is 44.6 Å². The van der Waals surface area contributed by atoms with Gasteiger partial charge < -0.3 is 24.6 Å². The predicted molar refractivity (Wildman–Crippen MR) is 193 cm³/mol. The van der Waals surface area contributed by atoms with E-state index in [0.29, 0.717) is 65.5 Å². The number of aromatic nitrogens is 3. The van der Waals surface area contributed by atoms with Crippen molar-refractivity contribution in [3.05, 3.63) is 94.5 Å². The first-order chi connectivity index (χ1) is 24.2. The van der Waals surface area contributed by atoms with E-state index in [0.717, 1.165) is 18.4 Å². The molecule has 2 amide bonds. The number of nitrogens with one attached hydrogen (secondary N) is 3. The van der Waals surface area contributed by atoms with Crippen molar-refractivity contribution >= 4 is 52.6 Å². The van der Waals surface area contributed by atoms with Gasteiger partial charge in [-0.05, 0) is 61.9 Å². The van der Waals surface area contributed by atoms with Crippen LogP contribution in [0.4, 0.5) is 26.2 Å². The summed E-state index contributed by atoms with van der Waals surface area (Å²) in [5, 5.41) is 23.5. The van der Waals surface area contributed by atoms with Gasteiger partial charge in [-0.25, -0.2) is 9.18 Å². The van der Waals surface area contributed by atoms with Gasteiger partial charge in [-0.15, -0.1) is 0 Å². The Morgan fingerprint density at radius 2 is 1.84 bits per heavy atom. The van der Waals surface area contributed by atoms with Gasteiger partial charge in [0.15, 0.2) is 5.72 Å². The number of piperazine rings is 1. The largest absolute Gasteiger partial charge is 0.492 e. The monoisotopic (exact) mass is 723 g/mol. The van der Waals surface area contributed by atoms with Crippen LogP contribution in [0.1, 0.15) is 25.8 Å². The number of amides is 2. The summed E-state index contributed by atoms with van der Waals surface area (Å²) in [5.41, 5.74) is 1.82. The highest BCUT2D eigenvalue weighted by Crippen LogP contribution is 2.36. The van der Waals surface area contributed by atoms with E-state index in [1.165, 1.54) is 15.8 Å². The molecule has 0 radical (unpaired) electrons. The minimum atomic E-state index is -1.02. The molecular formula is C35H40Cl2FN9O3. The summed E-state index contributed by atoms with van der Waals surface area (Å²) in [5.74, 6) is 0.0599. The van der Waals surface area contributed by atoms with Crippen molar-refractivity contribution in [3.8, 4) is 5.75 Å². The van der Waals surface area contributed by atoms with Gasteiger partial charge in [0.2, 0.25) is 0 Å². The number of anilines is 3. The van der Waals surface area contributed by atoms with Crippen LogP contribution in [0.3, 0.4) is 0 Å². The lowest BCUT2D eigenvalue weighted by Gasteiger charge is -2.37. The Kier molecular flexibility index (Phi) is 11.1. The summed E-state index contributed by atoms with van der Waals surface area (Å²) < 4.78 is 27.8. The Morgan fingerprint density at radius 1 is 1.12 bits per heavy atom. The van der Waals surface area contributed by atoms with Crippen molar-refractivity contribution in [1.29, 1.82) is 5.41 Å². The molecule has 15 heteroatoms. The van der Waals surface area contributed by atoms with Crippen LogP contribution in [0.2, 0.25) is 10.0 Å². The Morgan fingerprint density at radius 3 is 2.50 bits per heavy atom. The summed E-state index contributed by atoms with van der Waals surface area (Å²) in [6.45, 7) is 7.39. The Balaban J connectivity index is 1.03. The maximum Gasteiger partial charge on any atom is 0.327 e. The molecule has 1 aromatic heterocycles. The fraction of sp³-hybridized carbons (Fsp3) is 0.371. The van der Waals surface area contributed by atoms with Crippen molar-refractivity contribution in [2.24, 2.45) is 0 Å². The zero-order valence-electron chi connectivity index (χ0n) is 27.9. The molecule has 0 aliphatic carbocycles. The number of carbonyl (C=O) groups excluding carboxylic acids is 1. The quantitative estimate of drug-likeness (QED) is 0.122. The van der Waals surface area contributed by atoms with E-state index in [4.69, 9.17) is 38.1 Å². The van der Waals surface area contributed by atoms with Gasteiger partial charge in [0.25, 0.3) is 0 Å². The van der Waals surface area contributed by atoms with Gasteiger partial charge in [0, 0.05) is 59.6 Å². The molecular weight excluding hydrogens is 684 g/mol. The van der Waals surface area contributed by atoms with Crippen molar-refractivity contribution in [2.75, 3.05) is 54.1 Å². The minimum Gasteiger partial charge on any atom is -0.492 e. The van der Waals surface area contributed by atoms with Gasteiger partial charge >= 0.3 is 6.03 Å². The number of hydrogen-bond donors (Lipinski definition) is 3. The van der Waals surface area contributed by atoms with E-state index < -0.39 is 5.72 Å². The number of benzene rings is 3. The molecule has 3 unspecified atom stereocenters. The number of carbonyl (C=O) groups is 1. The highest BCUT2D eigenvalue weighted by molar-refractivity contribution is 6.35. The van der Waals surface area contributed by atoms with Gasteiger partial charge in [0.05, 0.1) is 42.8 Å². The Labute approximate surface area is 300 Å². The van der Waals surface area contributed by atoms with Crippen LogP contribution in [0, 0.1) is 11.2 Å². The predicted octanol–water partition coefficient (Wildman–Crippen LogP) is 5.89. The van der Waals surface area contributed by atoms with Crippen LogP contribution in [-0.4, -0.2) is 78.8 Å². The molecule has 3 atom stereocenters. The number of hydrogen-bond acceptors (Lipinski definition) is 9. The lowest BCUT2D eigenvalue weighted by molar-refractivity contribution is -0.0347. The summed E-state index contributed by atoms with van der Waals surface area (Å²) in [7, 11) is 0. The Hall–Kier alpha value is -4.43. The van der Waals surface area contributed by atoms with E-state index >= 15 is 4.39 Å². The number of urea groups is 1. The van der Waals surface area contributed by atoms with Crippen LogP contribution in [-0.2, 0) is 17.0 Å². The van der Waals surface area contributed by atoms with Crippen LogP contribution in [0.25, 0.3) is 0 Å². The molecule has 0 spiro atoms. The fourth-order valence-electron chi connectivity index (χ4n) is 6.11. The van der Waals surface area contributed by atoms with Gasteiger partial charge in [-0.3, -0.25) is 15.6 Å². The van der Waals surface area contributed by atoms with Crippen LogP contribution < -0.4 is 30.1 Å². The lowest BCUT2D eigenvalue weighted by atomic mass is 10.0. The molecule has 2 aliphatic rings. The smallest absolute Gasteiger partial charge is 0.327 e. The molecule has 2 fully saturated rings. The summed E-state index contributed by atoms with van der Waals surface area (Å²) >= 11 is 12.7. The zero-order valence-corrected chi connectivity index (χ0v) is 29.4. The van der Waals surface area contributed by atoms with E-state index in [1.807, 2.05) is 49.1 Å². The van der Waals surface area contributed by atoms with Crippen molar-refractivity contribution in [3.63, 3.8) is 0 Å². The molecule has 2 saturated heterocycles. The minimum absolute atomic E-state index is 0.0122.